The molecular weight excluding hydrogens is 510 g/mol. The molecule has 1 aliphatic rings. The van der Waals surface area contributed by atoms with E-state index < -0.39 is 24.2 Å². The Morgan fingerprint density at radius 2 is 2.06 bits per heavy atom. The summed E-state index contributed by atoms with van der Waals surface area (Å²) in [7, 11) is 1.42. The fourth-order valence-electron chi connectivity index (χ4n) is 4.08. The molecule has 0 saturated carbocycles. The van der Waals surface area contributed by atoms with Gasteiger partial charge in [-0.2, -0.15) is 0 Å². The van der Waals surface area contributed by atoms with E-state index in [-0.39, 0.29) is 25.5 Å². The predicted molar refractivity (Wildman–Crippen MR) is 128 cm³/mol. The third kappa shape index (κ3) is 7.58. The number of ether oxygens (including phenoxy) is 2. The van der Waals surface area contributed by atoms with Gasteiger partial charge in [-0.1, -0.05) is 0 Å². The van der Waals surface area contributed by atoms with Crippen LogP contribution in [-0.4, -0.2) is 47.1 Å². The zero-order chi connectivity index (χ0) is 24.6. The molecule has 1 aliphatic heterocycles. The number of esters is 1. The van der Waals surface area contributed by atoms with E-state index in [4.69, 9.17) is 9.47 Å². The quantitative estimate of drug-likeness (QED) is 0.282. The first kappa shape index (κ1) is 26.2. The number of methoxy groups -OCH3 is 1. The summed E-state index contributed by atoms with van der Waals surface area (Å²) in [5.41, 5.74) is 2.53. The van der Waals surface area contributed by atoms with Crippen molar-refractivity contribution in [1.29, 1.82) is 0 Å². The highest BCUT2D eigenvalue weighted by molar-refractivity contribution is 9.10. The molecule has 0 bridgehead atoms. The Morgan fingerprint density at radius 3 is 2.76 bits per heavy atom. The molecule has 1 atom stereocenters. The van der Waals surface area contributed by atoms with Crippen LogP contribution in [0.1, 0.15) is 68.2 Å². The van der Waals surface area contributed by atoms with Crippen molar-refractivity contribution in [3.63, 3.8) is 0 Å². The van der Waals surface area contributed by atoms with E-state index in [0.717, 1.165) is 35.4 Å². The molecule has 0 radical (unpaired) electrons. The van der Waals surface area contributed by atoms with Crippen LogP contribution >= 0.6 is 15.9 Å². The van der Waals surface area contributed by atoms with E-state index in [1.807, 2.05) is 0 Å². The van der Waals surface area contributed by atoms with Crippen LogP contribution < -0.4 is 10.1 Å². The molecule has 0 fully saturated rings. The number of rotatable bonds is 12. The van der Waals surface area contributed by atoms with Gasteiger partial charge in [-0.05, 0) is 72.2 Å². The molecule has 2 aromatic heterocycles. The number of aryl methyl sites for hydroxylation is 2. The molecule has 7 nitrogen and oxygen atoms in total. The van der Waals surface area contributed by atoms with Crippen molar-refractivity contribution < 1.29 is 23.0 Å². The molecule has 1 N–H and O–H groups in total. The van der Waals surface area contributed by atoms with Gasteiger partial charge in [0.25, 0.3) is 0 Å². The zero-order valence-electron chi connectivity index (χ0n) is 19.6. The largest absolute Gasteiger partial charge is 0.467 e. The van der Waals surface area contributed by atoms with Crippen LogP contribution in [0.5, 0.6) is 6.01 Å². The first-order valence-electron chi connectivity index (χ1n) is 11.6. The van der Waals surface area contributed by atoms with E-state index in [0.29, 0.717) is 24.8 Å². The predicted octanol–water partition coefficient (Wildman–Crippen LogP) is 5.48. The maximum absolute atomic E-state index is 14.9. The monoisotopic (exact) mass is 540 g/mol. The minimum atomic E-state index is -2.95. The van der Waals surface area contributed by atoms with E-state index in [1.165, 1.54) is 25.1 Å². The van der Waals surface area contributed by atoms with Crippen molar-refractivity contribution >= 4 is 27.7 Å². The number of anilines is 1. The fraction of sp³-hybridized carbons (Fsp3) is 0.583. The molecule has 0 aromatic carbocycles. The van der Waals surface area contributed by atoms with Gasteiger partial charge < -0.3 is 14.8 Å². The molecular formula is C24H31BrF2N4O3. The van der Waals surface area contributed by atoms with Crippen molar-refractivity contribution in [1.82, 2.24) is 15.0 Å². The molecule has 34 heavy (non-hydrogen) atoms. The Hall–Kier alpha value is -2.36. The molecule has 0 saturated heterocycles. The third-order valence-electron chi connectivity index (χ3n) is 5.81. The van der Waals surface area contributed by atoms with E-state index in [9.17, 15) is 13.6 Å². The summed E-state index contributed by atoms with van der Waals surface area (Å²) in [6.45, 7) is 2.78. The zero-order valence-corrected chi connectivity index (χ0v) is 21.2. The van der Waals surface area contributed by atoms with Crippen LogP contribution in [0, 0.1) is 0 Å². The highest BCUT2D eigenvalue weighted by Crippen LogP contribution is 2.36. The number of fused-ring (bicyclic) bond motifs is 1. The lowest BCUT2D eigenvalue weighted by Gasteiger charge is -2.23. The average molecular weight is 541 g/mol. The first-order chi connectivity index (χ1) is 16.3. The molecule has 186 valence electrons. The lowest BCUT2D eigenvalue weighted by molar-refractivity contribution is -0.144. The SMILES string of the molecule is CCOC(=O)CC(CC(F)(F)CCCCc1nc2c(cc1Br)CCCN2)c1cnc(OC)nc1. The number of pyridine rings is 1. The Labute approximate surface area is 207 Å². The molecule has 1 unspecified atom stereocenters. The summed E-state index contributed by atoms with van der Waals surface area (Å²) in [4.78, 5) is 24.7. The van der Waals surface area contributed by atoms with Gasteiger partial charge in [-0.3, -0.25) is 4.79 Å². The second-order valence-corrected chi connectivity index (χ2v) is 9.29. The number of aromatic nitrogens is 3. The van der Waals surface area contributed by atoms with Gasteiger partial charge in [0.1, 0.15) is 5.82 Å². The van der Waals surface area contributed by atoms with Gasteiger partial charge in [0.2, 0.25) is 5.92 Å². The number of unbranched alkanes of at least 4 members (excludes halogenated alkanes) is 1. The van der Waals surface area contributed by atoms with E-state index in [1.54, 1.807) is 6.92 Å². The summed E-state index contributed by atoms with van der Waals surface area (Å²) in [5.74, 6) is -3.31. The van der Waals surface area contributed by atoms with Gasteiger partial charge in [-0.15, -0.1) is 0 Å². The van der Waals surface area contributed by atoms with Crippen LogP contribution in [0.2, 0.25) is 0 Å². The minimum absolute atomic E-state index is 0.141. The van der Waals surface area contributed by atoms with Crippen molar-refractivity contribution in [2.45, 2.75) is 70.1 Å². The average Bonchev–Trinajstić information content (AvgIpc) is 2.81. The molecule has 3 rings (SSSR count). The summed E-state index contributed by atoms with van der Waals surface area (Å²) in [5, 5.41) is 3.31. The summed E-state index contributed by atoms with van der Waals surface area (Å²) < 4.78 is 40.7. The highest BCUT2D eigenvalue weighted by Gasteiger charge is 2.34. The smallest absolute Gasteiger partial charge is 0.316 e. The van der Waals surface area contributed by atoms with Gasteiger partial charge >= 0.3 is 12.0 Å². The maximum atomic E-state index is 14.9. The Bertz CT molecular complexity index is 960. The second kappa shape index (κ2) is 12.4. The normalized spacial score (nSPS) is 14.1. The number of alkyl halides is 2. The first-order valence-corrected chi connectivity index (χ1v) is 12.4. The van der Waals surface area contributed by atoms with Crippen molar-refractivity contribution in [2.24, 2.45) is 0 Å². The number of halogens is 3. The number of carbonyl (C=O) groups excluding carboxylic acids is 1. The van der Waals surface area contributed by atoms with Crippen LogP contribution in [0.15, 0.2) is 22.9 Å². The van der Waals surface area contributed by atoms with Gasteiger partial charge in [0.05, 0.1) is 25.8 Å². The number of hydrogen-bond acceptors (Lipinski definition) is 7. The highest BCUT2D eigenvalue weighted by atomic mass is 79.9. The minimum Gasteiger partial charge on any atom is -0.467 e. The van der Waals surface area contributed by atoms with Crippen LogP contribution in [0.4, 0.5) is 14.6 Å². The molecule has 0 spiro atoms. The van der Waals surface area contributed by atoms with E-state index >= 15 is 0 Å². The lowest BCUT2D eigenvalue weighted by atomic mass is 9.89. The second-order valence-electron chi connectivity index (χ2n) is 8.43. The molecule has 3 heterocycles. The third-order valence-corrected chi connectivity index (χ3v) is 6.50. The summed E-state index contributed by atoms with van der Waals surface area (Å²) >= 11 is 3.57. The molecule has 0 amide bonds. The molecule has 0 aliphatic carbocycles. The van der Waals surface area contributed by atoms with Gasteiger partial charge in [0.15, 0.2) is 0 Å². The van der Waals surface area contributed by atoms with Crippen LogP contribution in [0.3, 0.4) is 0 Å². The Kier molecular flexibility index (Phi) is 9.55. The van der Waals surface area contributed by atoms with Gasteiger partial charge in [0, 0.05) is 42.2 Å². The molecule has 10 heteroatoms. The Balaban J connectivity index is 1.57. The fourth-order valence-corrected chi connectivity index (χ4v) is 4.64. The summed E-state index contributed by atoms with van der Waals surface area (Å²) in [6.07, 6.45) is 5.57. The number of nitrogens with one attached hydrogen (secondary N) is 1. The van der Waals surface area contributed by atoms with Crippen molar-refractivity contribution in [3.8, 4) is 6.01 Å². The Morgan fingerprint density at radius 1 is 1.29 bits per heavy atom. The van der Waals surface area contributed by atoms with Crippen molar-refractivity contribution in [2.75, 3.05) is 25.6 Å². The topological polar surface area (TPSA) is 86.2 Å². The lowest BCUT2D eigenvalue weighted by Crippen LogP contribution is -2.23. The number of nitrogens with zero attached hydrogens (tertiary/aromatic N) is 3. The maximum Gasteiger partial charge on any atom is 0.316 e. The van der Waals surface area contributed by atoms with Crippen LogP contribution in [-0.2, 0) is 22.4 Å². The molecule has 2 aromatic rings. The van der Waals surface area contributed by atoms with Gasteiger partial charge in [-0.25, -0.2) is 23.7 Å². The van der Waals surface area contributed by atoms with E-state index in [2.05, 4.69) is 42.3 Å². The number of carbonyl (C=O) groups is 1. The van der Waals surface area contributed by atoms with Crippen molar-refractivity contribution in [3.05, 3.63) is 39.8 Å². The number of hydrogen-bond donors (Lipinski definition) is 1. The standard InChI is InChI=1S/C24H31BrF2N4O3/c1-3-34-21(32)12-17(18-14-29-23(33-2)30-15-18)13-24(26,27)9-5-4-8-20-19(25)11-16-7-6-10-28-22(16)31-20/h11,14-15,17H,3-10,12-13H2,1-2H3,(H,28,31). The summed E-state index contributed by atoms with van der Waals surface area (Å²) in [6, 6.07) is 2.22. The van der Waals surface area contributed by atoms with Crippen LogP contribution in [0.25, 0.3) is 0 Å².